The number of carboxylic acid groups (broad SMARTS) is 2. The molecule has 38 heavy (non-hydrogen) atoms. The Morgan fingerprint density at radius 3 is 2.53 bits per heavy atom. The number of H-pyrrole nitrogens is 1. The van der Waals surface area contributed by atoms with Crippen molar-refractivity contribution >= 4 is 32.9 Å². The number of carbonyl (C=O) groups is 2. The lowest BCUT2D eigenvalue weighted by Gasteiger charge is -2.22. The number of likely N-dealkylation sites (tertiary alicyclic amines) is 1. The van der Waals surface area contributed by atoms with Gasteiger partial charge < -0.3 is 20.3 Å². The Kier molecular flexibility index (Phi) is 9.19. The number of sulfonamides is 1. The van der Waals surface area contributed by atoms with E-state index < -0.39 is 22.0 Å². The van der Waals surface area contributed by atoms with Crippen molar-refractivity contribution in [1.29, 1.82) is 5.26 Å². The smallest absolute Gasteiger partial charge is 0.328 e. The summed E-state index contributed by atoms with van der Waals surface area (Å²) in [5, 5.41) is 35.7. The lowest BCUT2D eigenvalue weighted by molar-refractivity contribution is -0.134. The van der Waals surface area contributed by atoms with Gasteiger partial charge in [-0.25, -0.2) is 22.7 Å². The molecular formula is C25H27N5O7S. The van der Waals surface area contributed by atoms with Crippen molar-refractivity contribution in [2.45, 2.75) is 30.7 Å². The summed E-state index contributed by atoms with van der Waals surface area (Å²) >= 11 is 0. The van der Waals surface area contributed by atoms with Crippen LogP contribution in [0.2, 0.25) is 0 Å². The number of pyridine rings is 1. The third-order valence-electron chi connectivity index (χ3n) is 5.99. The number of nitriles is 1. The lowest BCUT2D eigenvalue weighted by Crippen LogP contribution is -2.40. The van der Waals surface area contributed by atoms with E-state index >= 15 is 0 Å². The summed E-state index contributed by atoms with van der Waals surface area (Å²) in [5.41, 5.74) is 1.97. The number of aliphatic carboxylic acids is 2. The molecule has 1 aromatic carbocycles. The normalized spacial score (nSPS) is 15.7. The third-order valence-corrected chi connectivity index (χ3v) is 7.40. The Labute approximate surface area is 218 Å². The summed E-state index contributed by atoms with van der Waals surface area (Å²) in [6.45, 7) is 4.36. The summed E-state index contributed by atoms with van der Waals surface area (Å²) in [6.07, 6.45) is 4.47. The number of nitrogens with zero attached hydrogens (tertiary/aromatic N) is 3. The number of hydrogen-bond acceptors (Lipinski definition) is 8. The number of carboxylic acids is 2. The summed E-state index contributed by atoms with van der Waals surface area (Å²) in [6, 6.07) is 10.4. The van der Waals surface area contributed by atoms with Gasteiger partial charge in [0.05, 0.1) is 22.9 Å². The molecule has 4 rings (SSSR count). The largest absolute Gasteiger partial charge is 0.494 e. The molecule has 0 bridgehead atoms. The molecule has 0 amide bonds. The Hall–Kier alpha value is -4.25. The molecule has 1 aliphatic heterocycles. The van der Waals surface area contributed by atoms with E-state index in [4.69, 9.17) is 15.5 Å². The second-order valence-corrected chi connectivity index (χ2v) is 10.2. The van der Waals surface area contributed by atoms with Gasteiger partial charge >= 0.3 is 11.9 Å². The van der Waals surface area contributed by atoms with Crippen molar-refractivity contribution in [2.75, 3.05) is 19.6 Å². The Bertz CT molecular complexity index is 1470. The van der Waals surface area contributed by atoms with Crippen molar-refractivity contribution in [2.24, 2.45) is 0 Å². The maximum atomic E-state index is 12.7. The second kappa shape index (κ2) is 12.3. The zero-order valence-electron chi connectivity index (χ0n) is 20.5. The van der Waals surface area contributed by atoms with E-state index in [1.165, 1.54) is 12.3 Å². The fourth-order valence-corrected chi connectivity index (χ4v) is 5.19. The van der Waals surface area contributed by atoms with Crippen LogP contribution in [0.1, 0.15) is 25.3 Å². The zero-order valence-corrected chi connectivity index (χ0v) is 21.3. The number of aromatic amines is 1. The van der Waals surface area contributed by atoms with Gasteiger partial charge in [0, 0.05) is 41.8 Å². The molecule has 5 N–H and O–H groups in total. The topological polar surface area (TPSA) is 197 Å². The standard InChI is InChI=1S/C21H23N5O3S.C4H4O4/c1-2-26-9-3-4-15(26)12-24-30(28,29)16-6-8-19(23-13-16)20-17-10-14(11-22)5-7-18(17)25-21(20)27;5-3(6)1-2-4(7)8/h5-8,10,13,15,24-25,27H,2-4,9,12H2,1H3;1-2H,(H,5,6)(H,7,8)/b;2-1+. The number of fused-ring (bicyclic) bond motifs is 1. The van der Waals surface area contributed by atoms with Gasteiger partial charge in [-0.3, -0.25) is 9.88 Å². The molecule has 1 aliphatic rings. The van der Waals surface area contributed by atoms with Gasteiger partial charge in [-0.15, -0.1) is 0 Å². The van der Waals surface area contributed by atoms with Crippen LogP contribution in [-0.2, 0) is 19.6 Å². The summed E-state index contributed by atoms with van der Waals surface area (Å²) in [5.74, 6) is -2.60. The number of rotatable bonds is 8. The zero-order chi connectivity index (χ0) is 27.9. The van der Waals surface area contributed by atoms with Crippen LogP contribution in [0.4, 0.5) is 0 Å². The van der Waals surface area contributed by atoms with E-state index in [-0.39, 0.29) is 16.8 Å². The van der Waals surface area contributed by atoms with Crippen LogP contribution in [0.25, 0.3) is 22.2 Å². The highest BCUT2D eigenvalue weighted by Crippen LogP contribution is 2.36. The molecule has 12 nitrogen and oxygen atoms in total. The average Bonchev–Trinajstić information content (AvgIpc) is 3.49. The quantitative estimate of drug-likeness (QED) is 0.264. The predicted molar refractivity (Wildman–Crippen MR) is 138 cm³/mol. The van der Waals surface area contributed by atoms with E-state index in [1.807, 2.05) is 0 Å². The number of benzene rings is 1. The Morgan fingerprint density at radius 2 is 1.95 bits per heavy atom. The first kappa shape index (κ1) is 28.3. The molecule has 1 atom stereocenters. The molecule has 2 aromatic heterocycles. The highest BCUT2D eigenvalue weighted by Gasteiger charge is 2.25. The van der Waals surface area contributed by atoms with Gasteiger partial charge in [-0.1, -0.05) is 6.92 Å². The van der Waals surface area contributed by atoms with Crippen LogP contribution in [-0.4, -0.2) is 76.2 Å². The Morgan fingerprint density at radius 1 is 1.24 bits per heavy atom. The fourth-order valence-electron chi connectivity index (χ4n) is 4.17. The number of hydrogen-bond donors (Lipinski definition) is 5. The molecule has 1 fully saturated rings. The molecular weight excluding hydrogens is 514 g/mol. The van der Waals surface area contributed by atoms with Gasteiger partial charge in [-0.2, -0.15) is 5.26 Å². The van der Waals surface area contributed by atoms with Gasteiger partial charge in [0.2, 0.25) is 10.0 Å². The van der Waals surface area contributed by atoms with Gasteiger partial charge in [0.1, 0.15) is 4.90 Å². The molecule has 1 unspecified atom stereocenters. The van der Waals surface area contributed by atoms with Gasteiger partial charge in [0.15, 0.2) is 5.88 Å². The highest BCUT2D eigenvalue weighted by atomic mass is 32.2. The van der Waals surface area contributed by atoms with Gasteiger partial charge in [-0.05, 0) is 56.3 Å². The van der Waals surface area contributed by atoms with Crippen LogP contribution in [0.15, 0.2) is 53.6 Å². The second-order valence-electron chi connectivity index (χ2n) is 8.39. The monoisotopic (exact) mass is 541 g/mol. The van der Waals surface area contributed by atoms with Crippen LogP contribution < -0.4 is 4.72 Å². The average molecular weight is 542 g/mol. The number of aromatic nitrogens is 2. The van der Waals surface area contributed by atoms with Crippen molar-refractivity contribution in [3.05, 3.63) is 54.2 Å². The summed E-state index contributed by atoms with van der Waals surface area (Å²) < 4.78 is 28.1. The van der Waals surface area contributed by atoms with Gasteiger partial charge in [0.25, 0.3) is 0 Å². The first-order chi connectivity index (χ1) is 18.1. The molecule has 13 heteroatoms. The van der Waals surface area contributed by atoms with Crippen molar-refractivity contribution in [1.82, 2.24) is 19.6 Å². The molecule has 0 aliphatic carbocycles. The molecule has 0 saturated carbocycles. The minimum Gasteiger partial charge on any atom is -0.494 e. The van der Waals surface area contributed by atoms with E-state index in [0.29, 0.717) is 46.4 Å². The SMILES string of the molecule is CCN1CCCC1CNS(=O)(=O)c1ccc(-c2c(O)[nH]c3ccc(C#N)cc23)nc1.O=C(O)/C=C/C(=O)O. The van der Waals surface area contributed by atoms with Crippen molar-refractivity contribution < 1.29 is 33.3 Å². The highest BCUT2D eigenvalue weighted by molar-refractivity contribution is 7.89. The Balaban J connectivity index is 0.000000436. The van der Waals surface area contributed by atoms with Crippen molar-refractivity contribution in [3.8, 4) is 23.2 Å². The van der Waals surface area contributed by atoms with Crippen LogP contribution in [0, 0.1) is 11.3 Å². The molecule has 3 aromatic rings. The maximum Gasteiger partial charge on any atom is 0.328 e. The van der Waals surface area contributed by atoms with E-state index in [1.54, 1.807) is 24.3 Å². The summed E-state index contributed by atoms with van der Waals surface area (Å²) in [4.78, 5) is 28.6. The first-order valence-electron chi connectivity index (χ1n) is 11.6. The van der Waals surface area contributed by atoms with Crippen LogP contribution in [0.5, 0.6) is 5.88 Å². The lowest BCUT2D eigenvalue weighted by atomic mass is 10.1. The maximum absolute atomic E-state index is 12.7. The minimum absolute atomic E-state index is 0.0735. The summed E-state index contributed by atoms with van der Waals surface area (Å²) in [7, 11) is -3.68. The van der Waals surface area contributed by atoms with Crippen molar-refractivity contribution in [3.63, 3.8) is 0 Å². The van der Waals surface area contributed by atoms with E-state index in [2.05, 4.69) is 32.6 Å². The number of aromatic hydroxyl groups is 1. The molecule has 0 spiro atoms. The van der Waals surface area contributed by atoms with Crippen LogP contribution >= 0.6 is 0 Å². The third kappa shape index (κ3) is 6.94. The fraction of sp³-hybridized carbons (Fsp3) is 0.280. The number of nitrogens with one attached hydrogen (secondary N) is 2. The van der Waals surface area contributed by atoms with E-state index in [0.717, 1.165) is 25.9 Å². The molecule has 200 valence electrons. The van der Waals surface area contributed by atoms with Crippen LogP contribution in [0.3, 0.4) is 0 Å². The van der Waals surface area contributed by atoms with E-state index in [9.17, 15) is 23.1 Å². The molecule has 1 saturated heterocycles. The molecule has 3 heterocycles. The number of likely N-dealkylation sites (N-methyl/N-ethyl adjacent to an activating group) is 1. The predicted octanol–water partition coefficient (Wildman–Crippen LogP) is 2.28. The first-order valence-corrected chi connectivity index (χ1v) is 13.1. The minimum atomic E-state index is -3.68. The molecule has 0 radical (unpaired) electrons.